The second-order valence-corrected chi connectivity index (χ2v) is 9.90. The molecular weight excluding hydrogens is 434 g/mol. The van der Waals surface area contributed by atoms with Crippen LogP contribution in [0.5, 0.6) is 0 Å². The van der Waals surface area contributed by atoms with Crippen molar-refractivity contribution in [3.8, 4) is 0 Å². The first-order valence-corrected chi connectivity index (χ1v) is 10.8. The first-order valence-electron chi connectivity index (χ1n) is 9.38. The van der Waals surface area contributed by atoms with Crippen molar-refractivity contribution in [1.82, 2.24) is 0 Å². The summed E-state index contributed by atoms with van der Waals surface area (Å²) in [7, 11) is -4.81. The summed E-state index contributed by atoms with van der Waals surface area (Å²) in [5.41, 5.74) is -1.37. The monoisotopic (exact) mass is 454 g/mol. The number of methoxy groups -OCH3 is 1. The molecule has 1 N–H and O–H groups in total. The molecule has 10 nitrogen and oxygen atoms in total. The van der Waals surface area contributed by atoms with Crippen LogP contribution in [-0.4, -0.2) is 60.7 Å². The lowest BCUT2D eigenvalue weighted by Crippen LogP contribution is -2.65. The molecule has 30 heavy (non-hydrogen) atoms. The van der Waals surface area contributed by atoms with E-state index in [0.717, 1.165) is 0 Å². The second-order valence-electron chi connectivity index (χ2n) is 8.44. The molecule has 1 heterocycles. The highest BCUT2D eigenvalue weighted by molar-refractivity contribution is 7.87. The molecule has 4 aliphatic carbocycles. The van der Waals surface area contributed by atoms with E-state index in [1.165, 1.54) is 7.11 Å². The van der Waals surface area contributed by atoms with Gasteiger partial charge in [-0.05, 0) is 38.0 Å². The molecule has 3 atom stereocenters. The van der Waals surface area contributed by atoms with Crippen LogP contribution in [0.3, 0.4) is 0 Å². The molecule has 4 saturated carbocycles. The summed E-state index contributed by atoms with van der Waals surface area (Å²) in [6.07, 6.45) is -0.135. The smallest absolute Gasteiger partial charge is 0.465 e. The second kappa shape index (κ2) is 6.57. The minimum Gasteiger partial charge on any atom is -0.469 e. The third-order valence-electron chi connectivity index (χ3n) is 6.57. The number of halogens is 2. The van der Waals surface area contributed by atoms with Crippen molar-refractivity contribution in [3.63, 3.8) is 0 Å². The van der Waals surface area contributed by atoms with Gasteiger partial charge in [-0.25, -0.2) is 9.59 Å². The highest BCUT2D eigenvalue weighted by Gasteiger charge is 2.70. The van der Waals surface area contributed by atoms with Gasteiger partial charge in [0.25, 0.3) is 0 Å². The van der Waals surface area contributed by atoms with Crippen molar-refractivity contribution in [2.75, 3.05) is 7.11 Å². The SMILES string of the molecule is COC(=O)CC1OC2(OC1=O)C1CC3CC2CC(OC(=O)C(F)(F)S(=O)(=O)O)(C3)C1. The highest BCUT2D eigenvalue weighted by Crippen LogP contribution is 2.64. The van der Waals surface area contributed by atoms with Crippen molar-refractivity contribution < 1.29 is 55.1 Å². The molecule has 5 rings (SSSR count). The summed E-state index contributed by atoms with van der Waals surface area (Å²) >= 11 is 0. The Hall–Kier alpha value is -1.86. The Morgan fingerprint density at radius 2 is 1.83 bits per heavy atom. The molecule has 5 fully saturated rings. The molecule has 0 amide bonds. The van der Waals surface area contributed by atoms with E-state index in [1.54, 1.807) is 0 Å². The lowest BCUT2D eigenvalue weighted by atomic mass is 9.51. The van der Waals surface area contributed by atoms with E-state index >= 15 is 0 Å². The van der Waals surface area contributed by atoms with Gasteiger partial charge in [0.05, 0.1) is 13.5 Å². The Kier molecular flexibility index (Phi) is 4.68. The maximum Gasteiger partial charge on any atom is 0.465 e. The number of alkyl halides is 2. The fourth-order valence-electron chi connectivity index (χ4n) is 5.58. The van der Waals surface area contributed by atoms with E-state index in [2.05, 4.69) is 4.74 Å². The Morgan fingerprint density at radius 1 is 1.23 bits per heavy atom. The maximum atomic E-state index is 13.7. The number of hydrogen-bond acceptors (Lipinski definition) is 9. The molecule has 5 aliphatic rings. The molecule has 0 radical (unpaired) electrons. The van der Waals surface area contributed by atoms with Gasteiger partial charge >= 0.3 is 33.3 Å². The van der Waals surface area contributed by atoms with Crippen molar-refractivity contribution in [3.05, 3.63) is 0 Å². The highest BCUT2D eigenvalue weighted by atomic mass is 32.2. The lowest BCUT2D eigenvalue weighted by Gasteiger charge is -2.61. The van der Waals surface area contributed by atoms with Crippen LogP contribution in [-0.2, 0) is 43.4 Å². The van der Waals surface area contributed by atoms with E-state index in [0.29, 0.717) is 12.8 Å². The summed E-state index contributed by atoms with van der Waals surface area (Å²) in [5, 5.41) is -5.09. The van der Waals surface area contributed by atoms with E-state index in [9.17, 15) is 31.6 Å². The summed E-state index contributed by atoms with van der Waals surface area (Å²) in [6.45, 7) is 0. The van der Waals surface area contributed by atoms with Crippen molar-refractivity contribution in [2.45, 2.75) is 61.3 Å². The predicted molar refractivity (Wildman–Crippen MR) is 89.2 cm³/mol. The molecule has 168 valence electrons. The van der Waals surface area contributed by atoms with Crippen molar-refractivity contribution in [1.29, 1.82) is 0 Å². The van der Waals surface area contributed by atoms with Gasteiger partial charge < -0.3 is 18.9 Å². The number of hydrogen-bond donors (Lipinski definition) is 1. The van der Waals surface area contributed by atoms with Crippen molar-refractivity contribution in [2.24, 2.45) is 17.8 Å². The van der Waals surface area contributed by atoms with Gasteiger partial charge in [0, 0.05) is 11.8 Å². The fraction of sp³-hybridized carbons (Fsp3) is 0.824. The van der Waals surface area contributed by atoms with Gasteiger partial charge in [-0.1, -0.05) is 0 Å². The molecule has 0 aromatic rings. The molecule has 0 aromatic heterocycles. The third-order valence-corrected chi connectivity index (χ3v) is 7.39. The van der Waals surface area contributed by atoms with E-state index in [1.807, 2.05) is 0 Å². The molecule has 4 bridgehead atoms. The Balaban J connectivity index is 1.55. The first kappa shape index (κ1) is 21.4. The van der Waals surface area contributed by atoms with Crippen LogP contribution in [0.25, 0.3) is 0 Å². The number of rotatable bonds is 5. The lowest BCUT2D eigenvalue weighted by molar-refractivity contribution is -0.317. The van der Waals surface area contributed by atoms with Crippen LogP contribution < -0.4 is 0 Å². The van der Waals surface area contributed by atoms with Crippen LogP contribution in [0, 0.1) is 17.8 Å². The Bertz CT molecular complexity index is 884. The van der Waals surface area contributed by atoms with Crippen LogP contribution in [0.15, 0.2) is 0 Å². The standard InChI is InChI=1S/C17H20F2O10S/c1-26-12(20)4-11-13(21)28-16(27-11)9-2-8-3-10(16)7-15(5-8,6-9)29-14(22)17(18,19)30(23,24)25/h8-11H,2-7H2,1H3,(H,23,24,25). The summed E-state index contributed by atoms with van der Waals surface area (Å²) in [5.74, 6) is -6.07. The van der Waals surface area contributed by atoms with Gasteiger partial charge in [0.2, 0.25) is 5.79 Å². The topological polar surface area (TPSA) is 142 Å². The average Bonchev–Trinajstić information content (AvgIpc) is 2.95. The number of carbonyl (C=O) groups is 3. The molecule has 3 unspecified atom stereocenters. The van der Waals surface area contributed by atoms with Gasteiger partial charge in [-0.15, -0.1) is 0 Å². The van der Waals surface area contributed by atoms with E-state index < -0.39 is 62.6 Å². The Labute approximate surface area is 169 Å². The Morgan fingerprint density at radius 3 is 2.37 bits per heavy atom. The van der Waals surface area contributed by atoms with Crippen LogP contribution in [0.2, 0.25) is 0 Å². The first-order chi connectivity index (χ1) is 13.8. The number of carbonyl (C=O) groups excluding carboxylic acids is 3. The molecule has 0 aromatic carbocycles. The zero-order valence-electron chi connectivity index (χ0n) is 15.8. The number of esters is 3. The van der Waals surface area contributed by atoms with Gasteiger partial charge in [-0.2, -0.15) is 17.2 Å². The predicted octanol–water partition coefficient (Wildman–Crippen LogP) is 0.790. The van der Waals surface area contributed by atoms with Crippen LogP contribution >= 0.6 is 0 Å². The number of ether oxygens (including phenoxy) is 4. The molecule has 13 heteroatoms. The zero-order chi connectivity index (χ0) is 22.1. The zero-order valence-corrected chi connectivity index (χ0v) is 16.7. The molecule has 1 saturated heterocycles. The van der Waals surface area contributed by atoms with Gasteiger partial charge in [0.1, 0.15) is 5.60 Å². The minimum atomic E-state index is -5.98. The average molecular weight is 454 g/mol. The summed E-state index contributed by atoms with van der Waals surface area (Å²) < 4.78 is 78.8. The molecule has 1 aliphatic heterocycles. The maximum absolute atomic E-state index is 13.7. The van der Waals surface area contributed by atoms with Gasteiger partial charge in [-0.3, -0.25) is 9.35 Å². The van der Waals surface area contributed by atoms with Crippen LogP contribution in [0.4, 0.5) is 8.78 Å². The fourth-order valence-corrected chi connectivity index (χ4v) is 5.83. The largest absolute Gasteiger partial charge is 0.469 e. The third kappa shape index (κ3) is 3.09. The van der Waals surface area contributed by atoms with Crippen LogP contribution in [0.1, 0.15) is 38.5 Å². The summed E-state index contributed by atoms with van der Waals surface area (Å²) in [6, 6.07) is 0. The molecular formula is C17H20F2O10S. The summed E-state index contributed by atoms with van der Waals surface area (Å²) in [4.78, 5) is 35.7. The normalized spacial score (nSPS) is 39.8. The minimum absolute atomic E-state index is 0.0194. The van der Waals surface area contributed by atoms with E-state index in [4.69, 9.17) is 18.8 Å². The molecule has 1 spiro atoms. The van der Waals surface area contributed by atoms with Gasteiger partial charge in [0.15, 0.2) is 6.10 Å². The van der Waals surface area contributed by atoms with Crippen molar-refractivity contribution >= 4 is 28.0 Å². The quantitative estimate of drug-likeness (QED) is 0.360. The van der Waals surface area contributed by atoms with E-state index in [-0.39, 0.29) is 31.6 Å².